The number of anilines is 1. The van der Waals surface area contributed by atoms with Crippen molar-refractivity contribution in [2.45, 2.75) is 6.92 Å². The van der Waals surface area contributed by atoms with Crippen molar-refractivity contribution in [2.24, 2.45) is 0 Å². The molecule has 0 fully saturated rings. The number of carbonyl (C=O) groups excluding carboxylic acids is 2. The fourth-order valence-corrected chi connectivity index (χ4v) is 6.58. The number of rotatable bonds is 4. The zero-order valence-corrected chi connectivity index (χ0v) is 23.5. The average Bonchev–Trinajstić information content (AvgIpc) is 3.53. The predicted octanol–water partition coefficient (Wildman–Crippen LogP) is 9.23. The Labute approximate surface area is 249 Å². The van der Waals surface area contributed by atoms with Gasteiger partial charge in [-0.05, 0) is 41.8 Å². The maximum Gasteiger partial charge on any atom is 0.268 e. The fraction of sp³-hybridized carbons (Fsp3) is 0.0256. The van der Waals surface area contributed by atoms with Crippen LogP contribution in [0.1, 0.15) is 26.3 Å². The Bertz CT molecular complexity index is 2170. The molecular weight excluding hydrogens is 528 g/mol. The van der Waals surface area contributed by atoms with Gasteiger partial charge < -0.3 is 4.57 Å². The van der Waals surface area contributed by atoms with Crippen molar-refractivity contribution < 1.29 is 9.59 Å². The molecule has 0 saturated carbocycles. The van der Waals surface area contributed by atoms with Crippen molar-refractivity contribution >= 4 is 39.3 Å². The van der Waals surface area contributed by atoms with Crippen LogP contribution in [0.3, 0.4) is 0 Å². The molecule has 0 aliphatic carbocycles. The third kappa shape index (κ3) is 3.70. The highest BCUT2D eigenvalue weighted by Gasteiger charge is 2.41. The number of hydrogen-bond donors (Lipinski definition) is 0. The zero-order valence-electron chi connectivity index (χ0n) is 23.5. The summed E-state index contributed by atoms with van der Waals surface area (Å²) in [7, 11) is 0. The van der Waals surface area contributed by atoms with Crippen LogP contribution in [0.5, 0.6) is 0 Å². The number of nitrogens with zero attached hydrogens (tertiary/aromatic N) is 2. The number of fused-ring (bicyclic) bond motifs is 4. The number of hydrogen-bond acceptors (Lipinski definition) is 2. The highest BCUT2D eigenvalue weighted by molar-refractivity contribution is 6.37. The number of carbonyl (C=O) groups is 2. The van der Waals surface area contributed by atoms with E-state index in [1.54, 1.807) is 6.07 Å². The molecule has 4 heteroatoms. The van der Waals surface area contributed by atoms with Gasteiger partial charge in [-0.2, -0.15) is 0 Å². The van der Waals surface area contributed by atoms with Crippen molar-refractivity contribution in [1.29, 1.82) is 0 Å². The van der Waals surface area contributed by atoms with Gasteiger partial charge in [0.2, 0.25) is 0 Å². The molecular formula is C39H26N2O2. The lowest BCUT2D eigenvalue weighted by molar-refractivity contribution is 0.0926. The van der Waals surface area contributed by atoms with E-state index in [1.807, 2.05) is 103 Å². The maximum atomic E-state index is 14.7. The van der Waals surface area contributed by atoms with Crippen molar-refractivity contribution in [2.75, 3.05) is 4.90 Å². The summed E-state index contributed by atoms with van der Waals surface area (Å²) in [6.07, 6.45) is 0. The Morgan fingerprint density at radius 2 is 1.05 bits per heavy atom. The molecule has 0 atom stereocenters. The van der Waals surface area contributed by atoms with Crippen LogP contribution >= 0.6 is 0 Å². The molecule has 1 aliphatic rings. The molecule has 2 amide bonds. The lowest BCUT2D eigenvalue weighted by atomic mass is 9.95. The first-order valence-electron chi connectivity index (χ1n) is 14.4. The summed E-state index contributed by atoms with van der Waals surface area (Å²) in [6, 6.07) is 45.9. The van der Waals surface area contributed by atoms with Crippen molar-refractivity contribution in [3.8, 4) is 27.9 Å². The summed E-state index contributed by atoms with van der Waals surface area (Å²) in [5.74, 6) is -0.643. The minimum atomic E-state index is -0.323. The molecule has 0 unspecified atom stereocenters. The van der Waals surface area contributed by atoms with Crippen LogP contribution in [0.2, 0.25) is 0 Å². The van der Waals surface area contributed by atoms with E-state index < -0.39 is 0 Å². The summed E-state index contributed by atoms with van der Waals surface area (Å²) in [4.78, 5) is 30.5. The number of benzene rings is 6. The number of aryl methyl sites for hydroxylation is 1. The van der Waals surface area contributed by atoms with Crippen molar-refractivity contribution in [1.82, 2.24) is 4.57 Å². The minimum absolute atomic E-state index is 0.320. The van der Waals surface area contributed by atoms with Gasteiger partial charge in [0.25, 0.3) is 11.8 Å². The zero-order chi connectivity index (χ0) is 29.1. The molecule has 4 nitrogen and oxygen atoms in total. The van der Waals surface area contributed by atoms with E-state index in [2.05, 4.69) is 41.8 Å². The molecule has 43 heavy (non-hydrogen) atoms. The molecule has 0 spiro atoms. The molecule has 204 valence electrons. The van der Waals surface area contributed by atoms with E-state index in [9.17, 15) is 9.59 Å². The first kappa shape index (κ1) is 25.0. The Kier molecular flexibility index (Phi) is 5.63. The van der Waals surface area contributed by atoms with Gasteiger partial charge in [-0.1, -0.05) is 121 Å². The van der Waals surface area contributed by atoms with Gasteiger partial charge in [0.15, 0.2) is 0 Å². The third-order valence-electron chi connectivity index (χ3n) is 8.46. The topological polar surface area (TPSA) is 42.3 Å². The molecule has 8 rings (SSSR count). The van der Waals surface area contributed by atoms with Gasteiger partial charge in [-0.3, -0.25) is 9.59 Å². The van der Waals surface area contributed by atoms with Crippen LogP contribution in [-0.2, 0) is 0 Å². The highest BCUT2D eigenvalue weighted by atomic mass is 16.2. The molecule has 0 bridgehead atoms. The van der Waals surface area contributed by atoms with Crippen LogP contribution in [0.25, 0.3) is 49.7 Å². The third-order valence-corrected chi connectivity index (χ3v) is 8.46. The van der Waals surface area contributed by atoms with Crippen molar-refractivity contribution in [3.63, 3.8) is 0 Å². The van der Waals surface area contributed by atoms with Crippen LogP contribution in [0, 0.1) is 6.92 Å². The Morgan fingerprint density at radius 1 is 0.488 bits per heavy atom. The highest BCUT2D eigenvalue weighted by Crippen LogP contribution is 2.44. The van der Waals surface area contributed by atoms with E-state index in [0.29, 0.717) is 22.5 Å². The van der Waals surface area contributed by atoms with Crippen LogP contribution in [0.4, 0.5) is 5.69 Å². The van der Waals surface area contributed by atoms with E-state index in [1.165, 1.54) is 4.90 Å². The van der Waals surface area contributed by atoms with Gasteiger partial charge in [0.05, 0.1) is 33.5 Å². The normalized spacial score (nSPS) is 12.8. The predicted molar refractivity (Wildman–Crippen MR) is 174 cm³/mol. The molecule has 1 aromatic heterocycles. The number of aromatic nitrogens is 1. The quantitative estimate of drug-likeness (QED) is 0.204. The largest absolute Gasteiger partial charge is 0.308 e. The van der Waals surface area contributed by atoms with Crippen LogP contribution in [-0.4, -0.2) is 16.4 Å². The smallest absolute Gasteiger partial charge is 0.268 e. The second-order valence-electron chi connectivity index (χ2n) is 10.9. The van der Waals surface area contributed by atoms with Gasteiger partial charge >= 0.3 is 0 Å². The summed E-state index contributed by atoms with van der Waals surface area (Å²) in [5.41, 5.74) is 8.77. The lowest BCUT2D eigenvalue weighted by Crippen LogP contribution is -2.30. The van der Waals surface area contributed by atoms with Gasteiger partial charge in [-0.25, -0.2) is 4.90 Å². The lowest BCUT2D eigenvalue weighted by Gasteiger charge is -2.23. The molecule has 1 aliphatic heterocycles. The Balaban J connectivity index is 1.40. The summed E-state index contributed by atoms with van der Waals surface area (Å²) in [6.45, 7) is 2.09. The molecule has 2 heterocycles. The van der Waals surface area contributed by atoms with Gasteiger partial charge in [-0.15, -0.1) is 0 Å². The number of imide groups is 1. The summed E-state index contributed by atoms with van der Waals surface area (Å²) >= 11 is 0. The molecule has 0 radical (unpaired) electrons. The Hall–Kier alpha value is -5.74. The van der Waals surface area contributed by atoms with Gasteiger partial charge in [0, 0.05) is 21.9 Å². The molecule has 6 aromatic carbocycles. The van der Waals surface area contributed by atoms with E-state index in [0.717, 1.165) is 49.6 Å². The summed E-state index contributed by atoms with van der Waals surface area (Å²) < 4.78 is 2.15. The van der Waals surface area contributed by atoms with E-state index in [4.69, 9.17) is 0 Å². The van der Waals surface area contributed by atoms with Crippen LogP contribution in [0.15, 0.2) is 140 Å². The minimum Gasteiger partial charge on any atom is -0.308 e. The fourth-order valence-electron chi connectivity index (χ4n) is 6.58. The molecule has 7 aromatic rings. The maximum absolute atomic E-state index is 14.7. The van der Waals surface area contributed by atoms with Crippen molar-refractivity contribution in [3.05, 3.63) is 156 Å². The average molecular weight is 555 g/mol. The van der Waals surface area contributed by atoms with E-state index in [-0.39, 0.29) is 11.8 Å². The number of para-hydroxylation sites is 3. The molecule has 0 N–H and O–H groups in total. The monoisotopic (exact) mass is 554 g/mol. The van der Waals surface area contributed by atoms with Gasteiger partial charge in [0.1, 0.15) is 0 Å². The first-order valence-corrected chi connectivity index (χ1v) is 14.4. The van der Waals surface area contributed by atoms with E-state index >= 15 is 0 Å². The molecule has 0 saturated heterocycles. The Morgan fingerprint density at radius 3 is 1.74 bits per heavy atom. The first-order chi connectivity index (χ1) is 21.1. The summed E-state index contributed by atoms with van der Waals surface area (Å²) in [5, 5.41) is 2.22. The standard InChI is InChI=1S/C39H26N2O2/c1-25-13-10-21-31-30-18-8-9-23-33(30)40(36(25)31)34-24-12-22-32-35(34)39(43)41(38(32)42)37-28(26-14-4-2-5-15-26)19-11-20-29(37)27-16-6-3-7-17-27/h2-24H,1H3. The number of amides is 2. The SMILES string of the molecule is Cc1cccc2c3ccccc3n(-c3cccc4c3C(=O)N(c3c(-c5ccccc5)cccc3-c3ccccc3)C4=O)c12. The second-order valence-corrected chi connectivity index (χ2v) is 10.9. The van der Waals surface area contributed by atoms with Crippen LogP contribution < -0.4 is 4.90 Å². The second kappa shape index (κ2) is 9.68.